The molecule has 4 heterocycles. The number of nitrogens with zero attached hydrogens (tertiary/aromatic N) is 3. The lowest BCUT2D eigenvalue weighted by molar-refractivity contribution is -0.132. The van der Waals surface area contributed by atoms with Gasteiger partial charge in [0.15, 0.2) is 0 Å². The number of carbonyl (C=O) groups excluding carboxylic acids is 2. The molecular weight excluding hydrogens is 354 g/mol. The van der Waals surface area contributed by atoms with E-state index in [-0.39, 0.29) is 17.9 Å². The fraction of sp³-hybridized carbons (Fsp3) is 0.238. The standard InChI is InChI=1S/C21H21N5O2/c1-14-5-6-16(13-23-14)21(28)25-17-4-2-3-11-26-19(27)12-18(24-20(17)26)15-7-9-22-10-8-15/h2,4-10,13,18,24H,3,11-12H2,1H3,(H,25,28). The zero-order valence-corrected chi connectivity index (χ0v) is 15.6. The van der Waals surface area contributed by atoms with Crippen LogP contribution in [0.1, 0.15) is 40.5 Å². The Labute approximate surface area is 163 Å². The lowest BCUT2D eigenvalue weighted by Gasteiger charge is -2.36. The van der Waals surface area contributed by atoms with Gasteiger partial charge >= 0.3 is 0 Å². The molecule has 0 saturated carbocycles. The molecule has 2 amide bonds. The van der Waals surface area contributed by atoms with Crippen LogP contribution in [0.4, 0.5) is 0 Å². The molecule has 28 heavy (non-hydrogen) atoms. The molecule has 2 aromatic heterocycles. The second-order valence-electron chi connectivity index (χ2n) is 6.82. The minimum atomic E-state index is -0.262. The van der Waals surface area contributed by atoms with Crippen molar-refractivity contribution in [2.75, 3.05) is 6.54 Å². The zero-order valence-electron chi connectivity index (χ0n) is 15.6. The number of pyridine rings is 2. The molecule has 1 fully saturated rings. The monoisotopic (exact) mass is 375 g/mol. The van der Waals surface area contributed by atoms with Crippen molar-refractivity contribution in [3.8, 4) is 0 Å². The van der Waals surface area contributed by atoms with E-state index in [1.54, 1.807) is 35.6 Å². The molecule has 2 aliphatic rings. The summed E-state index contributed by atoms with van der Waals surface area (Å²) in [5.74, 6) is 0.394. The summed E-state index contributed by atoms with van der Waals surface area (Å²) >= 11 is 0. The Morgan fingerprint density at radius 2 is 2.07 bits per heavy atom. The topological polar surface area (TPSA) is 87.2 Å². The summed E-state index contributed by atoms with van der Waals surface area (Å²) in [5, 5.41) is 6.37. The zero-order chi connectivity index (χ0) is 19.5. The number of aromatic nitrogens is 2. The molecule has 2 N–H and O–H groups in total. The van der Waals surface area contributed by atoms with Crippen LogP contribution < -0.4 is 10.6 Å². The summed E-state index contributed by atoms with van der Waals surface area (Å²) in [6, 6.07) is 7.15. The Hall–Kier alpha value is -3.48. The summed E-state index contributed by atoms with van der Waals surface area (Å²) in [7, 11) is 0. The van der Waals surface area contributed by atoms with Crippen LogP contribution in [0.5, 0.6) is 0 Å². The Kier molecular flexibility index (Phi) is 4.89. The number of hydrogen-bond donors (Lipinski definition) is 2. The number of hydrogen-bond acceptors (Lipinski definition) is 5. The van der Waals surface area contributed by atoms with Gasteiger partial charge in [0.25, 0.3) is 5.91 Å². The highest BCUT2D eigenvalue weighted by Crippen LogP contribution is 2.28. The van der Waals surface area contributed by atoms with Gasteiger partial charge in [0.2, 0.25) is 5.91 Å². The molecular formula is C21H21N5O2. The van der Waals surface area contributed by atoms with Gasteiger partial charge < -0.3 is 10.6 Å². The highest BCUT2D eigenvalue weighted by Gasteiger charge is 2.32. The van der Waals surface area contributed by atoms with E-state index in [0.717, 1.165) is 17.7 Å². The van der Waals surface area contributed by atoms with Crippen LogP contribution in [0.3, 0.4) is 0 Å². The van der Waals surface area contributed by atoms with Crippen molar-refractivity contribution in [2.24, 2.45) is 0 Å². The number of fused-ring (bicyclic) bond motifs is 1. The summed E-state index contributed by atoms with van der Waals surface area (Å²) in [6.45, 7) is 2.45. The minimum absolute atomic E-state index is 0.0306. The first kappa shape index (κ1) is 17.9. The molecule has 2 aliphatic heterocycles. The second kappa shape index (κ2) is 7.64. The number of carbonyl (C=O) groups is 2. The molecule has 0 aliphatic carbocycles. The highest BCUT2D eigenvalue weighted by atomic mass is 16.2. The highest BCUT2D eigenvalue weighted by molar-refractivity contribution is 5.95. The Bertz CT molecular complexity index is 951. The lowest BCUT2D eigenvalue weighted by Crippen LogP contribution is -2.47. The average molecular weight is 375 g/mol. The normalized spacial score (nSPS) is 19.0. The fourth-order valence-electron chi connectivity index (χ4n) is 3.34. The van der Waals surface area contributed by atoms with E-state index in [1.807, 2.05) is 31.2 Å². The van der Waals surface area contributed by atoms with Gasteiger partial charge in [-0.15, -0.1) is 0 Å². The van der Waals surface area contributed by atoms with Crippen molar-refractivity contribution in [1.82, 2.24) is 25.5 Å². The Morgan fingerprint density at radius 1 is 1.25 bits per heavy atom. The smallest absolute Gasteiger partial charge is 0.257 e. The van der Waals surface area contributed by atoms with Crippen LogP contribution in [-0.2, 0) is 4.79 Å². The third kappa shape index (κ3) is 3.64. The van der Waals surface area contributed by atoms with Gasteiger partial charge in [-0.25, -0.2) is 0 Å². The van der Waals surface area contributed by atoms with Gasteiger partial charge in [0.05, 0.1) is 23.7 Å². The van der Waals surface area contributed by atoms with Crippen LogP contribution >= 0.6 is 0 Å². The number of amides is 2. The first-order valence-electron chi connectivity index (χ1n) is 9.23. The van der Waals surface area contributed by atoms with E-state index in [1.165, 1.54) is 0 Å². The van der Waals surface area contributed by atoms with E-state index in [9.17, 15) is 9.59 Å². The van der Waals surface area contributed by atoms with Crippen LogP contribution in [-0.4, -0.2) is 33.2 Å². The molecule has 7 heteroatoms. The van der Waals surface area contributed by atoms with E-state index in [4.69, 9.17) is 0 Å². The van der Waals surface area contributed by atoms with Crippen molar-refractivity contribution in [3.05, 3.63) is 83.3 Å². The predicted octanol–water partition coefficient (Wildman–Crippen LogP) is 2.21. The van der Waals surface area contributed by atoms with Crippen molar-refractivity contribution in [3.63, 3.8) is 0 Å². The first-order valence-corrected chi connectivity index (χ1v) is 9.23. The van der Waals surface area contributed by atoms with Gasteiger partial charge in [-0.1, -0.05) is 6.08 Å². The molecule has 0 spiro atoms. The number of nitrogens with one attached hydrogen (secondary N) is 2. The van der Waals surface area contributed by atoms with Crippen molar-refractivity contribution in [2.45, 2.75) is 25.8 Å². The quantitative estimate of drug-likeness (QED) is 0.859. The number of aryl methyl sites for hydroxylation is 1. The van der Waals surface area contributed by atoms with E-state index < -0.39 is 0 Å². The molecule has 1 unspecified atom stereocenters. The molecule has 0 aromatic carbocycles. The summed E-state index contributed by atoms with van der Waals surface area (Å²) in [4.78, 5) is 35.4. The maximum absolute atomic E-state index is 12.8. The van der Waals surface area contributed by atoms with Crippen LogP contribution in [0.25, 0.3) is 0 Å². The molecule has 0 radical (unpaired) electrons. The van der Waals surface area contributed by atoms with Crippen molar-refractivity contribution < 1.29 is 9.59 Å². The second-order valence-corrected chi connectivity index (χ2v) is 6.82. The fourth-order valence-corrected chi connectivity index (χ4v) is 3.34. The maximum Gasteiger partial charge on any atom is 0.257 e. The van der Waals surface area contributed by atoms with Crippen LogP contribution in [0.2, 0.25) is 0 Å². The number of rotatable bonds is 3. The maximum atomic E-state index is 12.8. The molecule has 142 valence electrons. The van der Waals surface area contributed by atoms with Crippen molar-refractivity contribution >= 4 is 11.8 Å². The molecule has 2 aromatic rings. The number of allylic oxidation sites excluding steroid dienone is 1. The molecule has 7 nitrogen and oxygen atoms in total. The third-order valence-electron chi connectivity index (χ3n) is 4.85. The third-order valence-corrected chi connectivity index (χ3v) is 4.85. The van der Waals surface area contributed by atoms with Crippen LogP contribution in [0, 0.1) is 6.92 Å². The average Bonchev–Trinajstić information content (AvgIpc) is 2.92. The Balaban J connectivity index is 1.65. The molecule has 4 rings (SSSR count). The van der Waals surface area contributed by atoms with Crippen LogP contribution in [0.15, 0.2) is 66.5 Å². The van der Waals surface area contributed by atoms with Gasteiger partial charge in [-0.2, -0.15) is 0 Å². The van der Waals surface area contributed by atoms with Gasteiger partial charge in [0, 0.05) is 30.8 Å². The summed E-state index contributed by atoms with van der Waals surface area (Å²) < 4.78 is 0. The van der Waals surface area contributed by atoms with Gasteiger partial charge in [-0.05, 0) is 49.2 Å². The minimum Gasteiger partial charge on any atom is -0.362 e. The first-order chi connectivity index (χ1) is 13.6. The predicted molar refractivity (Wildman–Crippen MR) is 104 cm³/mol. The molecule has 0 bridgehead atoms. The lowest BCUT2D eigenvalue weighted by atomic mass is 10.0. The summed E-state index contributed by atoms with van der Waals surface area (Å²) in [6.07, 6.45) is 9.87. The molecule has 1 saturated heterocycles. The Morgan fingerprint density at radius 3 is 2.82 bits per heavy atom. The van der Waals surface area contributed by atoms with E-state index in [0.29, 0.717) is 30.0 Å². The van der Waals surface area contributed by atoms with E-state index in [2.05, 4.69) is 20.6 Å². The largest absolute Gasteiger partial charge is 0.362 e. The van der Waals surface area contributed by atoms with Gasteiger partial charge in [0.1, 0.15) is 5.82 Å². The summed E-state index contributed by atoms with van der Waals surface area (Å²) in [5.41, 5.74) is 2.88. The molecule has 1 atom stereocenters. The SMILES string of the molecule is Cc1ccc(C(=O)NC2=C3NC(c4ccncc4)CC(=O)N3CCC=C2)cn1. The van der Waals surface area contributed by atoms with Crippen molar-refractivity contribution in [1.29, 1.82) is 0 Å². The van der Waals surface area contributed by atoms with Gasteiger partial charge in [-0.3, -0.25) is 24.5 Å². The van der Waals surface area contributed by atoms with E-state index >= 15 is 0 Å².